The predicted octanol–water partition coefficient (Wildman–Crippen LogP) is 0.587. The number of aromatic nitrogens is 2. The highest BCUT2D eigenvalue weighted by Gasteiger charge is 2.21. The third-order valence-corrected chi connectivity index (χ3v) is 4.55. The second-order valence-corrected chi connectivity index (χ2v) is 5.99. The number of rotatable bonds is 5. The van der Waals surface area contributed by atoms with Gasteiger partial charge in [-0.05, 0) is 12.1 Å². The Balaban J connectivity index is 1.58. The number of carbonyl (C=O) groups is 1. The molecule has 2 N–H and O–H groups in total. The minimum Gasteiger partial charge on any atom is -0.395 e. The lowest BCUT2D eigenvalue weighted by molar-refractivity contribution is 0.0940. The highest BCUT2D eigenvalue weighted by Crippen LogP contribution is 2.23. The zero-order chi connectivity index (χ0) is 16.1. The molecule has 1 saturated heterocycles. The van der Waals surface area contributed by atoms with Crippen LogP contribution in [0.5, 0.6) is 0 Å². The molecule has 0 aromatic carbocycles. The highest BCUT2D eigenvalue weighted by atomic mass is 32.1. The van der Waals surface area contributed by atoms with Crippen molar-refractivity contribution in [2.75, 3.05) is 49.1 Å². The first-order valence-electron chi connectivity index (χ1n) is 7.53. The molecule has 0 aliphatic carbocycles. The van der Waals surface area contributed by atoms with Crippen molar-refractivity contribution in [2.45, 2.75) is 0 Å². The normalized spacial score (nSPS) is 14.8. The Labute approximate surface area is 138 Å². The minimum absolute atomic E-state index is 0.0712. The number of thiazole rings is 1. The molecule has 1 aliphatic rings. The first-order valence-corrected chi connectivity index (χ1v) is 8.41. The molecule has 2 aromatic heterocycles. The number of anilines is 2. The Morgan fingerprint density at radius 3 is 2.74 bits per heavy atom. The molecule has 0 spiro atoms. The monoisotopic (exact) mass is 333 g/mol. The molecule has 23 heavy (non-hydrogen) atoms. The summed E-state index contributed by atoms with van der Waals surface area (Å²) < 4.78 is 0. The van der Waals surface area contributed by atoms with Gasteiger partial charge in [0.25, 0.3) is 5.91 Å². The summed E-state index contributed by atoms with van der Waals surface area (Å²) >= 11 is 1.47. The van der Waals surface area contributed by atoms with Crippen LogP contribution >= 0.6 is 11.3 Å². The molecule has 0 bridgehead atoms. The number of hydrogen-bond donors (Lipinski definition) is 2. The first-order chi connectivity index (χ1) is 11.3. The number of nitrogens with zero attached hydrogens (tertiary/aromatic N) is 4. The van der Waals surface area contributed by atoms with Crippen LogP contribution in [0.3, 0.4) is 0 Å². The summed E-state index contributed by atoms with van der Waals surface area (Å²) in [6, 6.07) is 5.92. The van der Waals surface area contributed by atoms with Crippen molar-refractivity contribution < 1.29 is 9.90 Å². The molecule has 0 radical (unpaired) electrons. The van der Waals surface area contributed by atoms with Crippen LogP contribution in [-0.4, -0.2) is 60.3 Å². The molecule has 122 valence electrons. The Morgan fingerprint density at radius 2 is 2.04 bits per heavy atom. The van der Waals surface area contributed by atoms with Gasteiger partial charge >= 0.3 is 0 Å². The Bertz CT molecular complexity index is 640. The van der Waals surface area contributed by atoms with E-state index >= 15 is 0 Å². The summed E-state index contributed by atoms with van der Waals surface area (Å²) in [6.07, 6.45) is 1.81. The maximum absolute atomic E-state index is 11.8. The first kappa shape index (κ1) is 15.7. The van der Waals surface area contributed by atoms with Crippen LogP contribution in [0.2, 0.25) is 0 Å². The standard InChI is InChI=1S/C15H19N5O2S/c21-10-5-17-14(22)12-11-23-15(18-12)20-8-6-19(7-9-20)13-3-1-2-4-16-13/h1-4,11,21H,5-10H2,(H,17,22). The molecule has 0 saturated carbocycles. The SMILES string of the molecule is O=C(NCCO)c1csc(N2CCN(c3ccccn3)CC2)n1. The molecule has 8 heteroatoms. The van der Waals surface area contributed by atoms with E-state index in [9.17, 15) is 4.79 Å². The second-order valence-electron chi connectivity index (χ2n) is 5.16. The van der Waals surface area contributed by atoms with E-state index in [0.29, 0.717) is 5.69 Å². The second kappa shape index (κ2) is 7.38. The van der Waals surface area contributed by atoms with Crippen molar-refractivity contribution in [3.8, 4) is 0 Å². The van der Waals surface area contributed by atoms with E-state index in [1.807, 2.05) is 18.2 Å². The van der Waals surface area contributed by atoms with Gasteiger partial charge in [0.2, 0.25) is 0 Å². The van der Waals surface area contributed by atoms with E-state index in [4.69, 9.17) is 5.11 Å². The number of pyridine rings is 1. The van der Waals surface area contributed by atoms with E-state index in [2.05, 4.69) is 25.1 Å². The average molecular weight is 333 g/mol. The lowest BCUT2D eigenvalue weighted by Crippen LogP contribution is -2.46. The largest absolute Gasteiger partial charge is 0.395 e. The molecule has 2 aromatic rings. The van der Waals surface area contributed by atoms with Crippen LogP contribution in [-0.2, 0) is 0 Å². The van der Waals surface area contributed by atoms with Gasteiger partial charge in [0.1, 0.15) is 11.5 Å². The molecular formula is C15H19N5O2S. The summed E-state index contributed by atoms with van der Waals surface area (Å²) in [5.41, 5.74) is 0.408. The number of piperazine rings is 1. The van der Waals surface area contributed by atoms with Gasteiger partial charge in [-0.3, -0.25) is 4.79 Å². The van der Waals surface area contributed by atoms with Crippen molar-refractivity contribution in [1.82, 2.24) is 15.3 Å². The summed E-state index contributed by atoms with van der Waals surface area (Å²) in [5, 5.41) is 14.0. The molecule has 3 rings (SSSR count). The van der Waals surface area contributed by atoms with Crippen molar-refractivity contribution in [1.29, 1.82) is 0 Å². The maximum atomic E-state index is 11.8. The minimum atomic E-state index is -0.242. The summed E-state index contributed by atoms with van der Waals surface area (Å²) in [5.74, 6) is 0.754. The fourth-order valence-electron chi connectivity index (χ4n) is 2.44. The number of nitrogens with one attached hydrogen (secondary N) is 1. The molecule has 1 amide bonds. The molecule has 1 fully saturated rings. The van der Waals surface area contributed by atoms with Crippen LogP contribution < -0.4 is 15.1 Å². The van der Waals surface area contributed by atoms with Crippen LogP contribution in [0, 0.1) is 0 Å². The number of amides is 1. The topological polar surface area (TPSA) is 81.6 Å². The molecule has 7 nitrogen and oxygen atoms in total. The summed E-state index contributed by atoms with van der Waals surface area (Å²) in [6.45, 7) is 3.63. The number of aliphatic hydroxyl groups excluding tert-OH is 1. The van der Waals surface area contributed by atoms with Gasteiger partial charge in [-0.2, -0.15) is 0 Å². The average Bonchev–Trinajstić information content (AvgIpc) is 3.11. The van der Waals surface area contributed by atoms with Gasteiger partial charge < -0.3 is 20.2 Å². The van der Waals surface area contributed by atoms with Crippen LogP contribution in [0.15, 0.2) is 29.8 Å². The predicted molar refractivity (Wildman–Crippen MR) is 90.2 cm³/mol. The van der Waals surface area contributed by atoms with Gasteiger partial charge in [0.05, 0.1) is 6.61 Å². The zero-order valence-corrected chi connectivity index (χ0v) is 13.5. The van der Waals surface area contributed by atoms with Crippen molar-refractivity contribution in [3.05, 3.63) is 35.5 Å². The Hall–Kier alpha value is -2.19. The van der Waals surface area contributed by atoms with E-state index < -0.39 is 0 Å². The summed E-state index contributed by atoms with van der Waals surface area (Å²) in [7, 11) is 0. The van der Waals surface area contributed by atoms with Gasteiger partial charge in [0.15, 0.2) is 5.13 Å². The van der Waals surface area contributed by atoms with Crippen molar-refractivity contribution in [2.24, 2.45) is 0 Å². The van der Waals surface area contributed by atoms with Crippen molar-refractivity contribution in [3.63, 3.8) is 0 Å². The van der Waals surface area contributed by atoms with Crippen molar-refractivity contribution >= 4 is 28.2 Å². The van der Waals surface area contributed by atoms with E-state index in [1.165, 1.54) is 11.3 Å². The van der Waals surface area contributed by atoms with Gasteiger partial charge in [-0.15, -0.1) is 11.3 Å². The van der Waals surface area contributed by atoms with E-state index in [1.54, 1.807) is 11.6 Å². The Morgan fingerprint density at radius 1 is 1.26 bits per heavy atom. The molecule has 3 heterocycles. The highest BCUT2D eigenvalue weighted by molar-refractivity contribution is 7.13. The van der Waals surface area contributed by atoms with Gasteiger partial charge in [0, 0.05) is 44.3 Å². The maximum Gasteiger partial charge on any atom is 0.270 e. The fraction of sp³-hybridized carbons (Fsp3) is 0.400. The molecule has 0 unspecified atom stereocenters. The molecule has 0 atom stereocenters. The molecular weight excluding hydrogens is 314 g/mol. The lowest BCUT2D eigenvalue weighted by atomic mass is 10.3. The van der Waals surface area contributed by atoms with Gasteiger partial charge in [-0.25, -0.2) is 9.97 Å². The smallest absolute Gasteiger partial charge is 0.270 e. The van der Waals surface area contributed by atoms with Gasteiger partial charge in [-0.1, -0.05) is 6.07 Å². The van der Waals surface area contributed by atoms with Crippen LogP contribution in [0.1, 0.15) is 10.5 Å². The number of carbonyl (C=O) groups excluding carboxylic acids is 1. The summed E-state index contributed by atoms with van der Waals surface area (Å²) in [4.78, 5) is 25.0. The number of hydrogen-bond acceptors (Lipinski definition) is 7. The number of aliphatic hydroxyl groups is 1. The van der Waals surface area contributed by atoms with Crippen LogP contribution in [0.4, 0.5) is 10.9 Å². The fourth-order valence-corrected chi connectivity index (χ4v) is 3.30. The quantitative estimate of drug-likeness (QED) is 0.833. The lowest BCUT2D eigenvalue weighted by Gasteiger charge is -2.35. The Kier molecular flexibility index (Phi) is 5.04. The van der Waals surface area contributed by atoms with E-state index in [-0.39, 0.29) is 19.1 Å². The molecule has 1 aliphatic heterocycles. The third kappa shape index (κ3) is 3.77. The zero-order valence-electron chi connectivity index (χ0n) is 12.7. The third-order valence-electron chi connectivity index (χ3n) is 3.65. The van der Waals surface area contributed by atoms with Crippen LogP contribution in [0.25, 0.3) is 0 Å². The van der Waals surface area contributed by atoms with E-state index in [0.717, 1.165) is 37.1 Å².